The summed E-state index contributed by atoms with van der Waals surface area (Å²) >= 11 is 4.64. The Kier molecular flexibility index (Phi) is 53.9. The number of amides is 7. The van der Waals surface area contributed by atoms with Gasteiger partial charge in [-0.05, 0) is 138 Å². The van der Waals surface area contributed by atoms with E-state index in [1.807, 2.05) is 51.3 Å². The summed E-state index contributed by atoms with van der Waals surface area (Å²) in [5.41, 5.74) is 7.42. The SMILES string of the molecule is CCC(=O)N1CC[C@H](O)[C@@H]1CC.CCC(=O)N1CC[C@H](O)[C@@H]1CO.CCC(=O)N1CC[C@H](OC(=O)CCC(=O)O)[C@@H]1CC.CCC(=O)N1CC[C@H](OC(=O)CCC(C)=O)[C@@H]1CC.CCCCCCCC[C@@H]1CCC2C3CC=C4CC(OC(=O)NCC(=O)N5C[C@@H](COCC)[C@@H](O)C5)CC[C@@]4(C)C3CC[C@]21C.CCl.Cl.NCC(=O)N1CC[C@H](O)[C@@H]1CO.O=C1CCC(=O)O1. The number of hydrogen-bond acceptors (Lipinski definition) is 25. The number of esters is 4. The third-order valence-electron chi connectivity index (χ3n) is 27.8. The number of hydrogen-bond donors (Lipinski definition) is 9. The number of carboxylic acid groups (broad SMARTS) is 1. The highest BCUT2D eigenvalue weighted by atomic mass is 35.5. The van der Waals surface area contributed by atoms with Gasteiger partial charge in [0, 0.05) is 116 Å². The Morgan fingerprint density at radius 1 is 0.539 bits per heavy atom. The molecule has 10 N–H and O–H groups in total. The van der Waals surface area contributed by atoms with Gasteiger partial charge in [-0.15, -0.1) is 24.0 Å². The van der Waals surface area contributed by atoms with Crippen LogP contribution in [0.3, 0.4) is 0 Å². The number of fused-ring (bicyclic) bond motifs is 5. The van der Waals surface area contributed by atoms with Crippen molar-refractivity contribution in [1.82, 2.24) is 34.7 Å². The molecule has 19 atom stereocenters. The number of carbonyl (C=O) groups excluding carboxylic acids is 12. The van der Waals surface area contributed by atoms with E-state index in [0.717, 1.165) is 75.2 Å². The van der Waals surface area contributed by atoms with E-state index >= 15 is 0 Å². The molecule has 3 saturated carbocycles. The van der Waals surface area contributed by atoms with Crippen LogP contribution in [-0.2, 0) is 81.2 Å². The molecule has 4 aliphatic carbocycles. The third kappa shape index (κ3) is 34.4. The summed E-state index contributed by atoms with van der Waals surface area (Å²) in [7, 11) is 0. The molecule has 128 heavy (non-hydrogen) atoms. The molecule has 4 unspecified atom stereocenters. The predicted molar refractivity (Wildman–Crippen MR) is 484 cm³/mol. The van der Waals surface area contributed by atoms with Crippen LogP contribution >= 0.6 is 24.0 Å². The van der Waals surface area contributed by atoms with Gasteiger partial charge in [-0.25, -0.2) is 4.79 Å². The number of ketones is 1. The van der Waals surface area contributed by atoms with Gasteiger partial charge in [-0.1, -0.05) is 119 Å². The summed E-state index contributed by atoms with van der Waals surface area (Å²) in [5, 5.41) is 67.4. The molecule has 7 aliphatic heterocycles. The molecule has 35 heteroatoms. The zero-order valence-corrected chi connectivity index (χ0v) is 80.5. The van der Waals surface area contributed by atoms with E-state index in [1.165, 1.54) is 101 Å². The second-order valence-corrected chi connectivity index (χ2v) is 35.7. The maximum absolute atomic E-state index is 12.7. The first-order valence-electron chi connectivity index (χ1n) is 47.4. The summed E-state index contributed by atoms with van der Waals surface area (Å²) in [6.07, 6.45) is 28.2. The van der Waals surface area contributed by atoms with Crippen molar-refractivity contribution in [2.75, 3.05) is 91.7 Å². The van der Waals surface area contributed by atoms with Crippen LogP contribution in [-0.4, -0.2) is 307 Å². The Morgan fingerprint density at radius 3 is 1.46 bits per heavy atom. The molecule has 11 rings (SSSR count). The predicted octanol–water partition coefficient (Wildman–Crippen LogP) is 9.28. The first-order valence-corrected chi connectivity index (χ1v) is 48.2. The number of β-amino-alcohol motifs (C(OH)–C–C–N with tert-alkyl or cyclic N) is 1. The fourth-order valence-electron chi connectivity index (χ4n) is 20.6. The maximum Gasteiger partial charge on any atom is 0.407 e. The monoisotopic (exact) mass is 1860 g/mol. The molecule has 11 aliphatic rings. The molecule has 0 aromatic carbocycles. The first kappa shape index (κ1) is 115. The zero-order valence-electron chi connectivity index (χ0n) is 78.9. The van der Waals surface area contributed by atoms with Gasteiger partial charge in [0.25, 0.3) is 0 Å². The van der Waals surface area contributed by atoms with Gasteiger partial charge in [-0.3, -0.25) is 52.7 Å². The van der Waals surface area contributed by atoms with Crippen LogP contribution in [0.4, 0.5) is 4.79 Å². The Morgan fingerprint density at radius 2 is 1.01 bits per heavy atom. The van der Waals surface area contributed by atoms with Crippen molar-refractivity contribution >= 4 is 101 Å². The van der Waals surface area contributed by atoms with Crippen molar-refractivity contribution in [3.63, 3.8) is 0 Å². The van der Waals surface area contributed by atoms with Crippen molar-refractivity contribution in [2.45, 2.75) is 368 Å². The lowest BCUT2D eigenvalue weighted by atomic mass is 9.47. The number of alkyl halides is 1. The Balaban J connectivity index is 0.000000421. The van der Waals surface area contributed by atoms with Crippen molar-refractivity contribution < 1.29 is 122 Å². The van der Waals surface area contributed by atoms with E-state index in [-0.39, 0.29) is 191 Å². The van der Waals surface area contributed by atoms with Crippen LogP contribution in [0, 0.1) is 40.4 Å². The quantitative estimate of drug-likeness (QED) is 0.00779. The zero-order chi connectivity index (χ0) is 94.8. The van der Waals surface area contributed by atoms with Crippen LogP contribution in [0.15, 0.2) is 11.6 Å². The highest BCUT2D eigenvalue weighted by Crippen LogP contribution is 2.67. The van der Waals surface area contributed by atoms with Crippen molar-refractivity contribution in [2.24, 2.45) is 46.2 Å². The third-order valence-corrected chi connectivity index (χ3v) is 27.8. The van der Waals surface area contributed by atoms with Gasteiger partial charge in [0.15, 0.2) is 0 Å². The standard InChI is InChI=1S/C37H62N2O5.C14H23NO4.C13H21NO5.C9H17NO2.C8H15NO3.C7H14N2O3.C4H4O3.CH3Cl.ClH/c1-5-7-8-9-10-11-12-27-14-16-31-30-15-13-28-21-29(17-19-37(28,4)32(30)18-20-36(27,31)3)44-35(42)38-22-34(41)39-23-26(25-43-6-2)33(40)24-39;1-4-11-12(8-9-15(11)13(17)5-2)19-14(18)7-6-10(3)16;1-3-9-10(7-8-14(9)11(15)4-2)19-13(18)6-5-12(16)17;1-3-7-8(11)5-6-10(7)9(12)4-2;1-2-8(12)9-4-3-7(11)6(9)5-10;8-3-7(12)9-2-1-6(11)5(9)4-10;5-3-1-2-4(6)7-3;1-2;/h13,26-27,29-33,40H,5-12,14-25H2,1-4H3,(H,38,42);11-12H,4-9H2,1-3H3;9-10H,3-8H2,1-2H3,(H,16,17);7-8,11H,3-6H2,1-2H3;6-7,10-11H,2-5H2,1H3;5-6,10-11H,1-4,8H2;1-2H2;1H3;1H/t26-,27+,29?,30?,31?,32?,33-,36-,37+;11-,12-;9-,10-;7-,8-;6-,7-;5-,6-;;;/m000000.../s1. The second kappa shape index (κ2) is 59.7. The van der Waals surface area contributed by atoms with Gasteiger partial charge in [0.2, 0.25) is 35.4 Å². The van der Waals surface area contributed by atoms with E-state index < -0.39 is 54.3 Å². The number of Topliss-reactive ketones (excluding diaryl/α,β-unsaturated/α-hetero) is 1. The van der Waals surface area contributed by atoms with Crippen LogP contribution in [0.5, 0.6) is 0 Å². The number of carbonyl (C=O) groups is 13. The number of unbranched alkanes of at least 4 members (excludes halogenated alkanes) is 5. The van der Waals surface area contributed by atoms with E-state index in [1.54, 1.807) is 28.5 Å². The first-order chi connectivity index (χ1) is 60.6. The average Bonchev–Trinajstić information content (AvgIpc) is 1.38. The number of likely N-dealkylation sites (tertiary alicyclic amines) is 6. The lowest BCUT2D eigenvalue weighted by Crippen LogP contribution is -2.50. The fraction of sp³-hybridized carbons (Fsp3) is 0.839. The minimum atomic E-state index is -1.02. The molecular formula is C93H160Cl2N8O25. The van der Waals surface area contributed by atoms with Crippen molar-refractivity contribution in [1.29, 1.82) is 0 Å². The number of aliphatic hydroxyl groups excluding tert-OH is 6. The van der Waals surface area contributed by atoms with Crippen molar-refractivity contribution in [3.8, 4) is 0 Å². The summed E-state index contributed by atoms with van der Waals surface area (Å²) < 4.78 is 26.1. The lowest BCUT2D eigenvalue weighted by Gasteiger charge is -2.58. The molecule has 7 heterocycles. The molecule has 33 nitrogen and oxygen atoms in total. The van der Waals surface area contributed by atoms with Gasteiger partial charge in [0.05, 0.1) is 113 Å². The van der Waals surface area contributed by atoms with E-state index in [4.69, 9.17) is 40.0 Å². The number of aliphatic carboxylic acids is 1. The Hall–Kier alpha value is -6.69. The minimum absolute atomic E-state index is 0. The Bertz CT molecular complexity index is 3320. The number of nitrogens with two attached hydrogens (primary N) is 1. The summed E-state index contributed by atoms with van der Waals surface area (Å²) in [6, 6.07) is -0.870. The van der Waals surface area contributed by atoms with Crippen LogP contribution in [0.1, 0.15) is 295 Å². The van der Waals surface area contributed by atoms with Crippen LogP contribution in [0.2, 0.25) is 0 Å². The summed E-state index contributed by atoms with van der Waals surface area (Å²) in [4.78, 5) is 157. The highest BCUT2D eigenvalue weighted by molar-refractivity contribution is 6.15. The molecule has 736 valence electrons. The van der Waals surface area contributed by atoms with E-state index in [2.05, 4.69) is 48.5 Å². The number of carboxylic acids is 1. The number of aliphatic hydroxyl groups is 6. The normalized spacial score (nSPS) is 29.1. The largest absolute Gasteiger partial charge is 0.481 e. The number of alkyl carbamates (subject to hydrolysis) is 1. The summed E-state index contributed by atoms with van der Waals surface area (Å²) in [5.74, 6) is 0.520. The fourth-order valence-corrected chi connectivity index (χ4v) is 20.6. The average molecular weight is 1860 g/mol. The smallest absolute Gasteiger partial charge is 0.407 e. The molecular weight excluding hydrogens is 1700 g/mol. The van der Waals surface area contributed by atoms with Gasteiger partial charge >= 0.3 is 35.9 Å². The number of allylic oxidation sites excluding steroid dienone is 1. The van der Waals surface area contributed by atoms with Gasteiger partial charge in [0.1, 0.15) is 30.6 Å². The molecule has 7 amide bonds. The molecule has 0 aromatic heterocycles. The highest BCUT2D eigenvalue weighted by Gasteiger charge is 2.59. The number of nitrogens with zero attached hydrogens (tertiary/aromatic N) is 6. The van der Waals surface area contributed by atoms with E-state index in [9.17, 15) is 82.8 Å². The minimum Gasteiger partial charge on any atom is -0.481 e. The van der Waals surface area contributed by atoms with Crippen molar-refractivity contribution in [3.05, 3.63) is 11.6 Å². The summed E-state index contributed by atoms with van der Waals surface area (Å²) in [6.45, 7) is 28.3. The molecule has 0 radical (unpaired) electrons. The van der Waals surface area contributed by atoms with Crippen LogP contribution in [0.25, 0.3) is 0 Å². The molecule has 0 aromatic rings. The van der Waals surface area contributed by atoms with Gasteiger partial charge in [-0.2, -0.15) is 0 Å². The lowest BCUT2D eigenvalue weighted by molar-refractivity contribution is -0.154. The number of ether oxygens (including phenoxy) is 5. The second-order valence-electron chi connectivity index (χ2n) is 35.7. The molecule has 7 saturated heterocycles. The number of cyclic esters (lactones) is 2. The number of nitrogens with one attached hydrogen (secondary N) is 1. The molecule has 0 spiro atoms. The van der Waals surface area contributed by atoms with Crippen LogP contribution < -0.4 is 11.1 Å². The van der Waals surface area contributed by atoms with Gasteiger partial charge < -0.3 is 105 Å². The Labute approximate surface area is 771 Å². The van der Waals surface area contributed by atoms with E-state index in [0.29, 0.717) is 103 Å². The maximum atomic E-state index is 12.7. The molecule has 10 fully saturated rings. The molecule has 0 bridgehead atoms. The number of halogens is 2. The topological polar surface area (TPSA) is 467 Å². The number of rotatable bonds is 31.